The number of halogens is 2. The third-order valence-electron chi connectivity index (χ3n) is 5.43. The van der Waals surface area contributed by atoms with Crippen LogP contribution in [0, 0.1) is 17.6 Å². The number of imide groups is 1. The molecule has 2 heterocycles. The van der Waals surface area contributed by atoms with Crippen LogP contribution in [0.2, 0.25) is 0 Å². The quantitative estimate of drug-likeness (QED) is 0.617. The fourth-order valence-electron chi connectivity index (χ4n) is 4.09. The lowest BCUT2D eigenvalue weighted by molar-refractivity contribution is -0.126. The minimum atomic E-state index is -1.10. The van der Waals surface area contributed by atoms with Gasteiger partial charge in [0.2, 0.25) is 5.91 Å². The van der Waals surface area contributed by atoms with E-state index >= 15 is 0 Å². The highest BCUT2D eigenvalue weighted by Gasteiger charge is 2.60. The topological polar surface area (TPSA) is 49.9 Å². The van der Waals surface area contributed by atoms with Gasteiger partial charge in [0.15, 0.2) is 6.10 Å². The molecular weight excluding hydrogens is 390 g/mol. The Labute approximate surface area is 171 Å². The molecule has 3 aromatic rings. The largest absolute Gasteiger partial charge is 0.273 e. The number of rotatable bonds is 3. The Morgan fingerprint density at radius 2 is 1.40 bits per heavy atom. The molecule has 2 aliphatic heterocycles. The van der Waals surface area contributed by atoms with E-state index in [1.165, 1.54) is 35.4 Å². The molecule has 0 bridgehead atoms. The summed E-state index contributed by atoms with van der Waals surface area (Å²) in [5, 5.41) is 1.44. The molecule has 0 N–H and O–H groups in total. The Morgan fingerprint density at radius 3 is 2.10 bits per heavy atom. The molecule has 0 radical (unpaired) electrons. The van der Waals surface area contributed by atoms with E-state index < -0.39 is 41.5 Å². The van der Waals surface area contributed by atoms with Crippen LogP contribution in [0.1, 0.15) is 11.6 Å². The van der Waals surface area contributed by atoms with Crippen LogP contribution in [0.15, 0.2) is 78.9 Å². The summed E-state index contributed by atoms with van der Waals surface area (Å²) in [5.41, 5.74) is 1.12. The average Bonchev–Trinajstić information content (AvgIpc) is 3.26. The number of nitrogens with zero attached hydrogens (tertiary/aromatic N) is 2. The van der Waals surface area contributed by atoms with Crippen molar-refractivity contribution in [2.45, 2.75) is 12.1 Å². The lowest BCUT2D eigenvalue weighted by atomic mass is 9.90. The molecule has 2 aliphatic rings. The Hall–Kier alpha value is -3.58. The van der Waals surface area contributed by atoms with Gasteiger partial charge in [-0.2, -0.15) is 0 Å². The fraction of sp³-hybridized carbons (Fsp3) is 0.130. The van der Waals surface area contributed by atoms with Gasteiger partial charge in [-0.1, -0.05) is 36.4 Å². The van der Waals surface area contributed by atoms with Crippen LogP contribution in [-0.2, 0) is 14.4 Å². The van der Waals surface area contributed by atoms with Crippen molar-refractivity contribution in [3.63, 3.8) is 0 Å². The highest BCUT2D eigenvalue weighted by molar-refractivity contribution is 6.23. The van der Waals surface area contributed by atoms with Gasteiger partial charge in [0.1, 0.15) is 17.6 Å². The van der Waals surface area contributed by atoms with Crippen LogP contribution >= 0.6 is 0 Å². The number of hydroxylamine groups is 1. The van der Waals surface area contributed by atoms with Gasteiger partial charge in [0.05, 0.1) is 17.4 Å². The minimum absolute atomic E-state index is 0.253. The van der Waals surface area contributed by atoms with E-state index in [9.17, 15) is 18.4 Å². The maximum atomic E-state index is 14.7. The van der Waals surface area contributed by atoms with Crippen LogP contribution in [0.5, 0.6) is 0 Å². The van der Waals surface area contributed by atoms with E-state index in [0.717, 1.165) is 4.90 Å². The molecule has 2 amide bonds. The summed E-state index contributed by atoms with van der Waals surface area (Å²) in [6.07, 6.45) is -1.10. The Bertz CT molecular complexity index is 1120. The Balaban J connectivity index is 1.60. The maximum Gasteiger partial charge on any atom is 0.266 e. The third kappa shape index (κ3) is 2.78. The smallest absolute Gasteiger partial charge is 0.266 e. The number of carbonyl (C=O) groups excluding carboxylic acids is 2. The number of hydrogen-bond donors (Lipinski definition) is 0. The van der Waals surface area contributed by atoms with Crippen LogP contribution in [0.3, 0.4) is 0 Å². The summed E-state index contributed by atoms with van der Waals surface area (Å²) < 4.78 is 28.0. The van der Waals surface area contributed by atoms with Gasteiger partial charge in [-0.05, 0) is 42.5 Å². The minimum Gasteiger partial charge on any atom is -0.273 e. The number of carbonyl (C=O) groups is 2. The predicted molar refractivity (Wildman–Crippen MR) is 105 cm³/mol. The van der Waals surface area contributed by atoms with Crippen molar-refractivity contribution in [3.8, 4) is 0 Å². The van der Waals surface area contributed by atoms with Gasteiger partial charge in [0.25, 0.3) is 5.91 Å². The van der Waals surface area contributed by atoms with Crippen LogP contribution < -0.4 is 9.96 Å². The molecule has 7 heteroatoms. The average molecular weight is 406 g/mol. The monoisotopic (exact) mass is 406 g/mol. The molecule has 0 unspecified atom stereocenters. The van der Waals surface area contributed by atoms with E-state index in [0.29, 0.717) is 5.69 Å². The van der Waals surface area contributed by atoms with Gasteiger partial charge >= 0.3 is 0 Å². The predicted octanol–water partition coefficient (Wildman–Crippen LogP) is 4.02. The summed E-state index contributed by atoms with van der Waals surface area (Å²) in [7, 11) is 0. The lowest BCUT2D eigenvalue weighted by Gasteiger charge is -2.29. The van der Waals surface area contributed by atoms with Crippen LogP contribution in [0.25, 0.3) is 0 Å². The lowest BCUT2D eigenvalue weighted by Crippen LogP contribution is -2.37. The normalized spacial score (nSPS) is 23.2. The molecule has 2 saturated heterocycles. The molecule has 3 atom stereocenters. The molecule has 0 aliphatic carbocycles. The van der Waals surface area contributed by atoms with Gasteiger partial charge < -0.3 is 0 Å². The first kappa shape index (κ1) is 18.4. The van der Waals surface area contributed by atoms with Crippen molar-refractivity contribution in [1.29, 1.82) is 0 Å². The van der Waals surface area contributed by atoms with Crippen molar-refractivity contribution < 1.29 is 23.2 Å². The van der Waals surface area contributed by atoms with Crippen molar-refractivity contribution in [3.05, 3.63) is 96.1 Å². The Morgan fingerprint density at radius 1 is 0.733 bits per heavy atom. The zero-order valence-electron chi connectivity index (χ0n) is 15.6. The molecule has 5 nitrogen and oxygen atoms in total. The second-order valence-corrected chi connectivity index (χ2v) is 7.17. The summed E-state index contributed by atoms with van der Waals surface area (Å²) in [6, 6.07) is 19.3. The zero-order chi connectivity index (χ0) is 20.8. The number of amides is 2. The highest BCUT2D eigenvalue weighted by atomic mass is 19.1. The number of hydrogen-bond acceptors (Lipinski definition) is 4. The van der Waals surface area contributed by atoms with Crippen molar-refractivity contribution in [1.82, 2.24) is 0 Å². The van der Waals surface area contributed by atoms with Crippen molar-refractivity contribution >= 4 is 23.2 Å². The standard InChI is InChI=1S/C23H16F2N2O3/c24-14-10-12-15(13-11-14)26-22(28)19-20(17-8-4-5-9-18(17)25)27(30-21(19)23(26)29)16-6-2-1-3-7-16/h1-13,19-21H/t19-,20+,21-/m1/s1. The van der Waals surface area contributed by atoms with E-state index in [1.54, 1.807) is 42.5 Å². The van der Waals surface area contributed by atoms with Crippen molar-refractivity contribution in [2.24, 2.45) is 5.92 Å². The molecule has 0 saturated carbocycles. The highest BCUT2D eigenvalue weighted by Crippen LogP contribution is 2.48. The first-order chi connectivity index (χ1) is 14.6. The van der Waals surface area contributed by atoms with Crippen molar-refractivity contribution in [2.75, 3.05) is 9.96 Å². The van der Waals surface area contributed by atoms with E-state index in [1.807, 2.05) is 6.07 Å². The summed E-state index contributed by atoms with van der Waals surface area (Å²) >= 11 is 0. The number of fused-ring (bicyclic) bond motifs is 1. The molecule has 150 valence electrons. The number of benzene rings is 3. The molecule has 3 aromatic carbocycles. The Kier molecular flexibility index (Phi) is 4.33. The third-order valence-corrected chi connectivity index (χ3v) is 5.43. The molecule has 2 fully saturated rings. The summed E-state index contributed by atoms with van der Waals surface area (Å²) in [5.74, 6) is -2.98. The molecular formula is C23H16F2N2O3. The van der Waals surface area contributed by atoms with Crippen LogP contribution in [0.4, 0.5) is 20.2 Å². The zero-order valence-corrected chi connectivity index (χ0v) is 15.6. The maximum absolute atomic E-state index is 14.7. The number of para-hydroxylation sites is 1. The molecule has 0 spiro atoms. The first-order valence-electron chi connectivity index (χ1n) is 9.45. The SMILES string of the molecule is O=C1[C@H]2[C@@H](ON(c3ccccc3)[C@H]2c2ccccc2F)C(=O)N1c1ccc(F)cc1. The van der Waals surface area contributed by atoms with E-state index in [2.05, 4.69) is 0 Å². The summed E-state index contributed by atoms with van der Waals surface area (Å²) in [6.45, 7) is 0. The molecule has 30 heavy (non-hydrogen) atoms. The van der Waals surface area contributed by atoms with E-state index in [4.69, 9.17) is 4.84 Å². The molecule has 5 rings (SSSR count). The van der Waals surface area contributed by atoms with Gasteiger partial charge in [-0.15, -0.1) is 0 Å². The molecule has 0 aromatic heterocycles. The van der Waals surface area contributed by atoms with Gasteiger partial charge in [0, 0.05) is 5.56 Å². The number of anilines is 2. The van der Waals surface area contributed by atoms with Gasteiger partial charge in [-0.3, -0.25) is 14.4 Å². The summed E-state index contributed by atoms with van der Waals surface area (Å²) in [4.78, 5) is 33.3. The first-order valence-corrected chi connectivity index (χ1v) is 9.45. The van der Waals surface area contributed by atoms with Gasteiger partial charge in [-0.25, -0.2) is 18.7 Å². The van der Waals surface area contributed by atoms with Crippen LogP contribution in [-0.4, -0.2) is 17.9 Å². The second-order valence-electron chi connectivity index (χ2n) is 7.17. The van der Waals surface area contributed by atoms with E-state index in [-0.39, 0.29) is 11.3 Å². The second kappa shape index (κ2) is 7.03. The fourth-order valence-corrected chi connectivity index (χ4v) is 4.09.